The zero-order valence-electron chi connectivity index (χ0n) is 16.3. The minimum atomic E-state index is -4.03. The molecule has 0 amide bonds. The molecule has 1 fully saturated rings. The van der Waals surface area contributed by atoms with Crippen molar-refractivity contribution in [3.63, 3.8) is 0 Å². The third-order valence-electron chi connectivity index (χ3n) is 4.94. The Morgan fingerprint density at radius 2 is 1.57 bits per heavy atom. The van der Waals surface area contributed by atoms with Gasteiger partial charge in [0.25, 0.3) is 10.0 Å². The highest BCUT2D eigenvalue weighted by Gasteiger charge is 2.29. The number of rotatable bonds is 6. The van der Waals surface area contributed by atoms with Crippen molar-refractivity contribution in [2.24, 2.45) is 0 Å². The van der Waals surface area contributed by atoms with E-state index in [1.54, 1.807) is 0 Å². The summed E-state index contributed by atoms with van der Waals surface area (Å²) in [6.45, 7) is 1.63. The molecule has 1 N–H and O–H groups in total. The predicted molar refractivity (Wildman–Crippen MR) is 109 cm³/mol. The first-order chi connectivity index (χ1) is 14.3. The van der Waals surface area contributed by atoms with Crippen molar-refractivity contribution in [3.05, 3.63) is 36.4 Å². The van der Waals surface area contributed by atoms with E-state index in [9.17, 15) is 16.8 Å². The predicted octanol–water partition coefficient (Wildman–Crippen LogP) is 2.05. The molecule has 0 aromatic heterocycles. The number of hydrogen-bond donors (Lipinski definition) is 1. The van der Waals surface area contributed by atoms with Crippen LogP contribution in [0.15, 0.2) is 46.2 Å². The number of anilines is 1. The molecule has 2 heterocycles. The summed E-state index contributed by atoms with van der Waals surface area (Å²) in [5.41, 5.74) is 0.0349. The molecule has 2 aromatic rings. The lowest BCUT2D eigenvalue weighted by Crippen LogP contribution is -2.28. The van der Waals surface area contributed by atoms with Gasteiger partial charge in [0.2, 0.25) is 10.0 Å². The van der Waals surface area contributed by atoms with Gasteiger partial charge in [0.15, 0.2) is 11.5 Å². The van der Waals surface area contributed by atoms with Gasteiger partial charge in [-0.25, -0.2) is 16.8 Å². The van der Waals surface area contributed by atoms with Gasteiger partial charge in [0, 0.05) is 19.2 Å². The van der Waals surface area contributed by atoms with Gasteiger partial charge in [-0.15, -0.1) is 0 Å². The highest BCUT2D eigenvalue weighted by molar-refractivity contribution is 7.92. The van der Waals surface area contributed by atoms with E-state index in [2.05, 4.69) is 4.72 Å². The minimum Gasteiger partial charge on any atom is -0.495 e. The van der Waals surface area contributed by atoms with Crippen molar-refractivity contribution in [3.8, 4) is 17.2 Å². The number of fused-ring (bicyclic) bond motifs is 1. The Morgan fingerprint density at radius 1 is 0.900 bits per heavy atom. The van der Waals surface area contributed by atoms with Crippen molar-refractivity contribution in [1.29, 1.82) is 0 Å². The molecule has 0 bridgehead atoms. The average molecular weight is 455 g/mol. The third kappa shape index (κ3) is 3.92. The number of hydrogen-bond acceptors (Lipinski definition) is 7. The zero-order chi connectivity index (χ0) is 21.4. The summed E-state index contributed by atoms with van der Waals surface area (Å²) in [6.07, 6.45) is 1.61. The van der Waals surface area contributed by atoms with Crippen molar-refractivity contribution in [2.75, 3.05) is 38.1 Å². The minimum absolute atomic E-state index is 0.00470. The number of sulfonamides is 2. The van der Waals surface area contributed by atoms with Crippen LogP contribution < -0.4 is 18.9 Å². The molecule has 9 nitrogen and oxygen atoms in total. The third-order valence-corrected chi connectivity index (χ3v) is 8.20. The first-order valence-corrected chi connectivity index (χ1v) is 12.3. The van der Waals surface area contributed by atoms with Crippen molar-refractivity contribution in [1.82, 2.24) is 4.31 Å². The fourth-order valence-electron chi connectivity index (χ4n) is 3.40. The van der Waals surface area contributed by atoms with Gasteiger partial charge in [-0.05, 0) is 43.2 Å². The Labute approximate surface area is 175 Å². The molecule has 0 saturated carbocycles. The number of nitrogens with one attached hydrogen (secondary N) is 1. The molecule has 0 spiro atoms. The summed E-state index contributed by atoms with van der Waals surface area (Å²) < 4.78 is 71.5. The van der Waals surface area contributed by atoms with Crippen LogP contribution in [0.4, 0.5) is 5.69 Å². The maximum Gasteiger partial charge on any atom is 0.262 e. The SMILES string of the molecule is COc1ccc(S(=O)(=O)N2CCCC2)cc1NS(=O)(=O)c1ccc2c(c1)OCCO2. The van der Waals surface area contributed by atoms with E-state index in [1.165, 1.54) is 47.8 Å². The summed E-state index contributed by atoms with van der Waals surface area (Å²) in [4.78, 5) is -0.0355. The molecular weight excluding hydrogens is 432 g/mol. The van der Waals surface area contributed by atoms with Crippen LogP contribution in [0.1, 0.15) is 12.8 Å². The van der Waals surface area contributed by atoms with Crippen LogP contribution in [0.5, 0.6) is 17.2 Å². The van der Waals surface area contributed by atoms with Gasteiger partial charge in [-0.2, -0.15) is 4.31 Å². The highest BCUT2D eigenvalue weighted by Crippen LogP contribution is 2.35. The van der Waals surface area contributed by atoms with E-state index in [0.717, 1.165) is 12.8 Å². The molecule has 2 aliphatic rings. The number of ether oxygens (including phenoxy) is 3. The molecule has 4 rings (SSSR count). The molecule has 11 heteroatoms. The van der Waals surface area contributed by atoms with Crippen LogP contribution in [-0.4, -0.2) is 54.6 Å². The second-order valence-corrected chi connectivity index (χ2v) is 10.5. The van der Waals surface area contributed by atoms with E-state index >= 15 is 0 Å². The Morgan fingerprint density at radius 3 is 2.27 bits per heavy atom. The normalized spacial score (nSPS) is 17.0. The summed E-state index contributed by atoms with van der Waals surface area (Å²) >= 11 is 0. The molecule has 2 aliphatic heterocycles. The first-order valence-electron chi connectivity index (χ1n) is 9.42. The van der Waals surface area contributed by atoms with Gasteiger partial charge < -0.3 is 14.2 Å². The van der Waals surface area contributed by atoms with Crippen molar-refractivity contribution in [2.45, 2.75) is 22.6 Å². The standard InChI is InChI=1S/C19H22N2O7S2/c1-26-17-6-5-15(30(24,25)21-8-2-3-9-21)12-16(17)20-29(22,23)14-4-7-18-19(13-14)28-11-10-27-18/h4-7,12-13,20H,2-3,8-11H2,1H3. The molecule has 0 unspecified atom stereocenters. The second kappa shape index (κ2) is 7.97. The average Bonchev–Trinajstić information content (AvgIpc) is 3.29. The number of benzene rings is 2. The molecule has 30 heavy (non-hydrogen) atoms. The zero-order valence-corrected chi connectivity index (χ0v) is 18.0. The van der Waals surface area contributed by atoms with E-state index in [-0.39, 0.29) is 21.2 Å². The van der Waals surface area contributed by atoms with Gasteiger partial charge in [-0.3, -0.25) is 4.72 Å². The number of methoxy groups -OCH3 is 1. The quantitative estimate of drug-likeness (QED) is 0.711. The van der Waals surface area contributed by atoms with Crippen LogP contribution in [0.3, 0.4) is 0 Å². The summed E-state index contributed by atoms with van der Waals surface area (Å²) in [6, 6.07) is 8.41. The largest absolute Gasteiger partial charge is 0.495 e. The maximum absolute atomic E-state index is 12.9. The van der Waals surface area contributed by atoms with E-state index < -0.39 is 20.0 Å². The monoisotopic (exact) mass is 454 g/mol. The molecule has 0 aliphatic carbocycles. The molecule has 0 radical (unpaired) electrons. The van der Waals surface area contributed by atoms with Gasteiger partial charge in [0.1, 0.15) is 19.0 Å². The summed E-state index contributed by atoms with van der Waals surface area (Å²) in [5, 5.41) is 0. The van der Waals surface area contributed by atoms with E-state index in [4.69, 9.17) is 14.2 Å². The lowest BCUT2D eigenvalue weighted by molar-refractivity contribution is 0.171. The van der Waals surface area contributed by atoms with Crippen LogP contribution in [0.25, 0.3) is 0 Å². The van der Waals surface area contributed by atoms with Gasteiger partial charge in [0.05, 0.1) is 22.6 Å². The Bertz CT molecular complexity index is 1160. The first kappa shape index (κ1) is 20.8. The second-order valence-electron chi connectivity index (χ2n) is 6.88. The fourth-order valence-corrected chi connectivity index (χ4v) is 6.02. The van der Waals surface area contributed by atoms with Gasteiger partial charge >= 0.3 is 0 Å². The van der Waals surface area contributed by atoms with Crippen molar-refractivity contribution < 1.29 is 31.0 Å². The lowest BCUT2D eigenvalue weighted by Gasteiger charge is -2.20. The molecule has 0 atom stereocenters. The van der Waals surface area contributed by atoms with E-state index in [1.807, 2.05) is 0 Å². The Kier molecular flexibility index (Phi) is 5.51. The topological polar surface area (TPSA) is 111 Å². The molecule has 1 saturated heterocycles. The summed E-state index contributed by atoms with van der Waals surface area (Å²) in [5.74, 6) is 1.01. The molecular formula is C19H22N2O7S2. The molecule has 2 aromatic carbocycles. The van der Waals surface area contributed by atoms with Gasteiger partial charge in [-0.1, -0.05) is 0 Å². The maximum atomic E-state index is 12.9. The highest BCUT2D eigenvalue weighted by atomic mass is 32.2. The van der Waals surface area contributed by atoms with Crippen molar-refractivity contribution >= 4 is 25.7 Å². The van der Waals surface area contributed by atoms with Crippen LogP contribution in [0.2, 0.25) is 0 Å². The van der Waals surface area contributed by atoms with E-state index in [0.29, 0.717) is 37.8 Å². The Hall–Kier alpha value is -2.50. The van der Waals surface area contributed by atoms with Crippen LogP contribution in [0, 0.1) is 0 Å². The lowest BCUT2D eigenvalue weighted by atomic mass is 10.3. The molecule has 162 valence electrons. The smallest absolute Gasteiger partial charge is 0.262 e. The number of nitrogens with zero attached hydrogens (tertiary/aromatic N) is 1. The Balaban J connectivity index is 1.67. The van der Waals surface area contributed by atoms with Crippen LogP contribution in [-0.2, 0) is 20.0 Å². The summed E-state index contributed by atoms with van der Waals surface area (Å²) in [7, 11) is -6.37. The fraction of sp³-hybridized carbons (Fsp3) is 0.368. The van der Waals surface area contributed by atoms with Crippen LogP contribution >= 0.6 is 0 Å².